The molecule has 8 rings (SSSR count). The molecule has 0 amide bonds. The van der Waals surface area contributed by atoms with Crippen LogP contribution >= 0.6 is 11.3 Å². The van der Waals surface area contributed by atoms with E-state index in [9.17, 15) is 0 Å². The number of hydrogen-bond donors (Lipinski definition) is 0. The van der Waals surface area contributed by atoms with E-state index in [1.54, 1.807) is 0 Å². The van der Waals surface area contributed by atoms with Crippen molar-refractivity contribution in [2.24, 2.45) is 0 Å². The maximum absolute atomic E-state index is 4.99. The lowest BCUT2D eigenvalue weighted by Gasteiger charge is -2.13. The zero-order valence-corrected chi connectivity index (χ0v) is 22.5. The van der Waals surface area contributed by atoms with Gasteiger partial charge in [-0.15, -0.1) is 11.3 Å². The van der Waals surface area contributed by atoms with Crippen LogP contribution in [-0.2, 0) is 0 Å². The first kappa shape index (κ1) is 22.4. The van der Waals surface area contributed by atoms with Crippen LogP contribution in [0.1, 0.15) is 11.4 Å². The molecule has 3 heteroatoms. The van der Waals surface area contributed by atoms with E-state index in [4.69, 9.17) is 9.97 Å². The summed E-state index contributed by atoms with van der Waals surface area (Å²) in [5.41, 5.74) is 8.79. The Labute approximate surface area is 230 Å². The van der Waals surface area contributed by atoms with Crippen LogP contribution in [0.5, 0.6) is 0 Å². The van der Waals surface area contributed by atoms with Crippen LogP contribution < -0.4 is 0 Å². The first-order chi connectivity index (χ1) is 19.1. The highest BCUT2D eigenvalue weighted by Crippen LogP contribution is 2.39. The van der Waals surface area contributed by atoms with E-state index in [2.05, 4.69) is 109 Å². The Balaban J connectivity index is 1.31. The van der Waals surface area contributed by atoms with Crippen LogP contribution in [0.4, 0.5) is 0 Å². The van der Waals surface area contributed by atoms with E-state index in [-0.39, 0.29) is 0 Å². The molecule has 6 aromatic carbocycles. The Bertz CT molecular complexity index is 2260. The molecule has 2 nitrogen and oxygen atoms in total. The van der Waals surface area contributed by atoms with Crippen molar-refractivity contribution in [3.05, 3.63) is 121 Å². The van der Waals surface area contributed by atoms with E-state index < -0.39 is 0 Å². The van der Waals surface area contributed by atoms with Gasteiger partial charge in [-0.3, -0.25) is 0 Å². The maximum Gasteiger partial charge on any atom is 0.0975 e. The Kier molecular flexibility index (Phi) is 4.85. The van der Waals surface area contributed by atoms with Crippen molar-refractivity contribution in [1.82, 2.24) is 9.97 Å². The number of fused-ring (bicyclic) bond motifs is 9. The Morgan fingerprint density at radius 3 is 1.69 bits per heavy atom. The highest BCUT2D eigenvalue weighted by atomic mass is 32.1. The molecule has 0 bridgehead atoms. The van der Waals surface area contributed by atoms with E-state index in [0.717, 1.165) is 33.2 Å². The fraction of sp³-hybridized carbons (Fsp3) is 0.0556. The zero-order chi connectivity index (χ0) is 26.1. The molecule has 184 valence electrons. The first-order valence-electron chi connectivity index (χ1n) is 13.3. The number of aromatic nitrogens is 2. The number of hydrogen-bond acceptors (Lipinski definition) is 3. The summed E-state index contributed by atoms with van der Waals surface area (Å²) in [6.45, 7) is 4.08. The summed E-state index contributed by atoms with van der Waals surface area (Å²) in [7, 11) is 0. The number of rotatable bonds is 2. The van der Waals surface area contributed by atoms with Gasteiger partial charge in [0.25, 0.3) is 0 Å². The fourth-order valence-electron chi connectivity index (χ4n) is 5.84. The van der Waals surface area contributed by atoms with Crippen molar-refractivity contribution in [3.8, 4) is 22.3 Å². The number of nitrogens with zero attached hydrogens (tertiary/aromatic N) is 2. The molecule has 39 heavy (non-hydrogen) atoms. The summed E-state index contributed by atoms with van der Waals surface area (Å²) in [6.07, 6.45) is 0. The van der Waals surface area contributed by atoms with Crippen LogP contribution in [0.2, 0.25) is 0 Å². The van der Waals surface area contributed by atoms with Gasteiger partial charge in [-0.05, 0) is 77.2 Å². The van der Waals surface area contributed by atoms with Gasteiger partial charge < -0.3 is 0 Å². The number of aryl methyl sites for hydroxylation is 2. The molecular weight excluding hydrogens is 492 g/mol. The average molecular weight is 517 g/mol. The molecule has 8 aromatic rings. The summed E-state index contributed by atoms with van der Waals surface area (Å²) in [4.78, 5) is 9.94. The van der Waals surface area contributed by atoms with Gasteiger partial charge >= 0.3 is 0 Å². The Hall–Kier alpha value is -4.60. The number of thiophene rings is 1. The third-order valence-corrected chi connectivity index (χ3v) is 9.11. The minimum absolute atomic E-state index is 0.975. The molecule has 0 aliphatic heterocycles. The lowest BCUT2D eigenvalue weighted by atomic mass is 9.94. The van der Waals surface area contributed by atoms with Crippen molar-refractivity contribution in [2.75, 3.05) is 0 Å². The smallest absolute Gasteiger partial charge is 0.0975 e. The summed E-state index contributed by atoms with van der Waals surface area (Å²) in [5, 5.41) is 7.38. The third-order valence-electron chi connectivity index (χ3n) is 7.96. The molecule has 0 atom stereocenters. The highest BCUT2D eigenvalue weighted by molar-refractivity contribution is 7.25. The van der Waals surface area contributed by atoms with Crippen LogP contribution in [0.15, 0.2) is 109 Å². The van der Waals surface area contributed by atoms with Gasteiger partial charge in [0.1, 0.15) is 0 Å². The van der Waals surface area contributed by atoms with Gasteiger partial charge in [-0.2, -0.15) is 0 Å². The monoisotopic (exact) mass is 516 g/mol. The third kappa shape index (κ3) is 3.47. The minimum Gasteiger partial charge on any atom is -0.249 e. The summed E-state index contributed by atoms with van der Waals surface area (Å²) >= 11 is 1.86. The van der Waals surface area contributed by atoms with E-state index in [1.807, 2.05) is 25.2 Å². The van der Waals surface area contributed by atoms with Crippen molar-refractivity contribution in [2.45, 2.75) is 13.8 Å². The Morgan fingerprint density at radius 2 is 0.949 bits per heavy atom. The van der Waals surface area contributed by atoms with Crippen LogP contribution in [0.3, 0.4) is 0 Å². The van der Waals surface area contributed by atoms with Crippen LogP contribution in [-0.4, -0.2) is 9.97 Å². The quantitative estimate of drug-likeness (QED) is 0.214. The normalized spacial score (nSPS) is 11.8. The maximum atomic E-state index is 4.99. The van der Waals surface area contributed by atoms with Crippen molar-refractivity contribution < 1.29 is 0 Å². The molecule has 0 spiro atoms. The topological polar surface area (TPSA) is 25.8 Å². The summed E-state index contributed by atoms with van der Waals surface area (Å²) < 4.78 is 2.67. The standard InChI is InChI=1S/C36H24N2S/c1-21-22(2)38-36-30-16-14-25(19-31(30)27-10-3-4-12-29(27)35(36)37-21)23-8-7-9-24(18-23)26-15-17-34-32(20-26)28-11-5-6-13-33(28)39-34/h3-20H,1-2H3. The molecule has 0 aliphatic carbocycles. The van der Waals surface area contributed by atoms with Gasteiger partial charge in [0.05, 0.1) is 22.4 Å². The predicted octanol–water partition coefficient (Wildman–Crippen LogP) is 10.3. The Morgan fingerprint density at radius 1 is 0.410 bits per heavy atom. The molecule has 2 heterocycles. The van der Waals surface area contributed by atoms with Gasteiger partial charge in [0, 0.05) is 30.9 Å². The summed E-state index contributed by atoms with van der Waals surface area (Å²) in [6, 6.07) is 39.8. The molecule has 0 saturated heterocycles. The molecule has 0 N–H and O–H groups in total. The SMILES string of the molecule is Cc1nc2c3ccccc3c3cc(-c4cccc(-c5ccc6sc7ccccc7c6c5)c4)ccc3c2nc1C. The fourth-order valence-corrected chi connectivity index (χ4v) is 6.93. The van der Waals surface area contributed by atoms with Crippen LogP contribution in [0.25, 0.3) is 75.0 Å². The molecule has 0 radical (unpaired) electrons. The van der Waals surface area contributed by atoms with Gasteiger partial charge in [0.2, 0.25) is 0 Å². The molecular formula is C36H24N2S. The second-order valence-corrected chi connectivity index (χ2v) is 11.4. The van der Waals surface area contributed by atoms with E-state index >= 15 is 0 Å². The largest absolute Gasteiger partial charge is 0.249 e. The van der Waals surface area contributed by atoms with Crippen molar-refractivity contribution in [1.29, 1.82) is 0 Å². The van der Waals surface area contributed by atoms with Gasteiger partial charge in [0.15, 0.2) is 0 Å². The molecule has 2 aromatic heterocycles. The van der Waals surface area contributed by atoms with E-state index in [1.165, 1.54) is 53.2 Å². The van der Waals surface area contributed by atoms with Gasteiger partial charge in [-0.1, -0.05) is 78.9 Å². The minimum atomic E-state index is 0.975. The van der Waals surface area contributed by atoms with Crippen molar-refractivity contribution >= 4 is 64.1 Å². The second-order valence-electron chi connectivity index (χ2n) is 10.3. The van der Waals surface area contributed by atoms with Crippen molar-refractivity contribution in [3.63, 3.8) is 0 Å². The zero-order valence-electron chi connectivity index (χ0n) is 21.7. The molecule has 0 saturated carbocycles. The lowest BCUT2D eigenvalue weighted by Crippen LogP contribution is -1.96. The molecule has 0 unspecified atom stereocenters. The molecule has 0 fully saturated rings. The van der Waals surface area contributed by atoms with Crippen LogP contribution in [0, 0.1) is 13.8 Å². The second kappa shape index (κ2) is 8.45. The predicted molar refractivity (Wildman–Crippen MR) is 168 cm³/mol. The average Bonchev–Trinajstić information content (AvgIpc) is 3.36. The lowest BCUT2D eigenvalue weighted by molar-refractivity contribution is 1.11. The molecule has 0 aliphatic rings. The first-order valence-corrected chi connectivity index (χ1v) is 14.1. The highest BCUT2D eigenvalue weighted by Gasteiger charge is 2.14. The van der Waals surface area contributed by atoms with E-state index in [0.29, 0.717) is 0 Å². The van der Waals surface area contributed by atoms with Gasteiger partial charge in [-0.25, -0.2) is 9.97 Å². The summed E-state index contributed by atoms with van der Waals surface area (Å²) in [5.74, 6) is 0. The number of benzene rings is 6.